The summed E-state index contributed by atoms with van der Waals surface area (Å²) >= 11 is 0. The maximum absolute atomic E-state index is 14.2. The molecular weight excluding hydrogens is 665 g/mol. The minimum absolute atomic E-state index is 0.0791. The average Bonchev–Trinajstić information content (AvgIpc) is 3.75. The van der Waals surface area contributed by atoms with Gasteiger partial charge >= 0.3 is 12.2 Å². The molecule has 3 aliphatic heterocycles. The molecule has 3 aromatic heterocycles. The first-order chi connectivity index (χ1) is 24.4. The highest BCUT2D eigenvalue weighted by Gasteiger charge is 2.35. The molecule has 15 heteroatoms. The number of carbonyl (C=O) groups excluding carboxylic acids is 2. The third-order valence-corrected chi connectivity index (χ3v) is 10.0. The number of aromatic amines is 1. The van der Waals surface area contributed by atoms with Crippen LogP contribution in [0.15, 0.2) is 48.8 Å². The number of H-pyrrole nitrogens is 1. The van der Waals surface area contributed by atoms with E-state index in [4.69, 9.17) is 9.72 Å². The summed E-state index contributed by atoms with van der Waals surface area (Å²) in [4.78, 5) is 46.0. The Labute approximate surface area is 293 Å². The number of aliphatic hydroxyl groups excluding tert-OH is 1. The molecule has 2 atom stereocenters. The number of carbonyl (C=O) groups is 2. The number of halogens is 3. The van der Waals surface area contributed by atoms with E-state index in [2.05, 4.69) is 20.2 Å². The molecule has 0 unspecified atom stereocenters. The van der Waals surface area contributed by atoms with Crippen LogP contribution in [0.2, 0.25) is 0 Å². The van der Waals surface area contributed by atoms with Crippen LogP contribution in [0.25, 0.3) is 11.0 Å². The van der Waals surface area contributed by atoms with Gasteiger partial charge in [-0.2, -0.15) is 13.2 Å². The second kappa shape index (κ2) is 14.1. The fourth-order valence-electron chi connectivity index (χ4n) is 7.08. The molecular formula is C36H41F3N8O4. The van der Waals surface area contributed by atoms with E-state index in [9.17, 15) is 27.9 Å². The maximum Gasteiger partial charge on any atom is 0.416 e. The Balaban J connectivity index is 1.07. The molecule has 3 N–H and O–H groups in total. The molecule has 6 heterocycles. The SMILES string of the molecule is CC[C@H]1CN(C(=O)Nc2ccc(CN3CCN(C)CC3)c(C(F)(F)F)c2)Cc2cc(Oc3ccnc4[nH]c(C(=O)N5CC[C@@H](O)C5)cc34)cnc21. The largest absolute Gasteiger partial charge is 0.455 e. The summed E-state index contributed by atoms with van der Waals surface area (Å²) in [5, 5.41) is 13.2. The summed E-state index contributed by atoms with van der Waals surface area (Å²) < 4.78 is 48.8. The summed E-state index contributed by atoms with van der Waals surface area (Å²) in [6.07, 6.45) is -0.690. The number of aliphatic hydroxyl groups is 1. The standard InChI is InChI=1S/C36H41F3N8O4/c1-3-22-19-47(35(50)42-25-5-4-23(29(15-25)36(37,38)39)18-45-12-10-44(2)11-13-45)20-24-14-27(17-41-32(22)24)51-31-6-8-40-33-28(31)16-30(43-33)34(49)46-9-7-26(48)21-46/h4-6,8,14-17,22,26,48H,3,7,9-13,18-21H2,1-2H3,(H,40,43)(H,42,50)/t22-,26+/m0/s1. The monoisotopic (exact) mass is 706 g/mol. The van der Waals surface area contributed by atoms with Crippen LogP contribution in [0.3, 0.4) is 0 Å². The number of pyridine rings is 2. The average molecular weight is 707 g/mol. The molecule has 0 aliphatic carbocycles. The lowest BCUT2D eigenvalue weighted by Crippen LogP contribution is -2.44. The Kier molecular flexibility index (Phi) is 9.61. The first kappa shape index (κ1) is 34.7. The second-order valence-corrected chi connectivity index (χ2v) is 13.6. The summed E-state index contributed by atoms with van der Waals surface area (Å²) in [5.74, 6) is 0.555. The molecule has 2 saturated heterocycles. The van der Waals surface area contributed by atoms with Gasteiger partial charge < -0.3 is 34.8 Å². The number of likely N-dealkylation sites (tertiary alicyclic amines) is 1. The van der Waals surface area contributed by atoms with Gasteiger partial charge in [0.05, 0.1) is 28.9 Å². The number of nitrogens with zero attached hydrogens (tertiary/aromatic N) is 6. The first-order valence-corrected chi connectivity index (χ1v) is 17.2. The Morgan fingerprint density at radius 2 is 1.84 bits per heavy atom. The zero-order valence-electron chi connectivity index (χ0n) is 28.5. The quantitative estimate of drug-likeness (QED) is 0.237. The molecule has 4 aromatic rings. The van der Waals surface area contributed by atoms with E-state index in [1.54, 1.807) is 34.3 Å². The number of urea groups is 1. The maximum atomic E-state index is 14.2. The summed E-state index contributed by atoms with van der Waals surface area (Å²) in [6, 6.07) is 8.69. The zero-order chi connectivity index (χ0) is 35.9. The molecule has 12 nitrogen and oxygen atoms in total. The lowest BCUT2D eigenvalue weighted by Gasteiger charge is -2.34. The predicted molar refractivity (Wildman–Crippen MR) is 184 cm³/mol. The van der Waals surface area contributed by atoms with Crippen molar-refractivity contribution >= 4 is 28.7 Å². The number of amides is 3. The lowest BCUT2D eigenvalue weighted by atomic mass is 9.92. The summed E-state index contributed by atoms with van der Waals surface area (Å²) in [5.41, 5.74) is 1.92. The van der Waals surface area contributed by atoms with Gasteiger partial charge in [0.15, 0.2) is 0 Å². The number of β-amino-alcohol motifs (C(OH)–C–C–N with tert-alkyl or cyclic N) is 1. The molecule has 1 aromatic carbocycles. The van der Waals surface area contributed by atoms with E-state index in [0.29, 0.717) is 67.2 Å². The van der Waals surface area contributed by atoms with Crippen LogP contribution in [0.1, 0.15) is 58.6 Å². The third kappa shape index (κ3) is 7.51. The van der Waals surface area contributed by atoms with Gasteiger partial charge in [0, 0.05) is 76.7 Å². The van der Waals surface area contributed by atoms with Gasteiger partial charge in [0.1, 0.15) is 22.8 Å². The van der Waals surface area contributed by atoms with Gasteiger partial charge in [-0.25, -0.2) is 9.78 Å². The number of hydrogen-bond acceptors (Lipinski definition) is 8. The van der Waals surface area contributed by atoms with E-state index in [-0.39, 0.29) is 42.7 Å². The highest BCUT2D eigenvalue weighted by molar-refractivity contribution is 5.99. The normalized spacial score (nSPS) is 20.1. The minimum atomic E-state index is -4.57. The number of likely N-dealkylation sites (N-methyl/N-ethyl adjacent to an activating group) is 1. The Hall–Kier alpha value is -4.73. The highest BCUT2D eigenvalue weighted by Crippen LogP contribution is 2.37. The number of ether oxygens (including phenoxy) is 1. The van der Waals surface area contributed by atoms with Crippen LogP contribution in [-0.4, -0.2) is 111 Å². The number of anilines is 1. The van der Waals surface area contributed by atoms with Gasteiger partial charge in [-0.15, -0.1) is 0 Å². The van der Waals surface area contributed by atoms with E-state index in [1.165, 1.54) is 12.1 Å². The topological polar surface area (TPSA) is 130 Å². The fourth-order valence-corrected chi connectivity index (χ4v) is 7.08. The van der Waals surface area contributed by atoms with E-state index in [0.717, 1.165) is 30.4 Å². The summed E-state index contributed by atoms with van der Waals surface area (Å²) in [6.45, 7) is 6.45. The van der Waals surface area contributed by atoms with Crippen molar-refractivity contribution in [1.82, 2.24) is 34.6 Å². The van der Waals surface area contributed by atoms with Crippen molar-refractivity contribution in [2.75, 3.05) is 58.2 Å². The number of fused-ring (bicyclic) bond motifs is 2. The van der Waals surface area contributed by atoms with Crippen molar-refractivity contribution in [3.63, 3.8) is 0 Å². The van der Waals surface area contributed by atoms with Crippen molar-refractivity contribution in [1.29, 1.82) is 0 Å². The van der Waals surface area contributed by atoms with Crippen LogP contribution < -0.4 is 10.1 Å². The zero-order valence-corrected chi connectivity index (χ0v) is 28.5. The molecule has 0 spiro atoms. The van der Waals surface area contributed by atoms with Gasteiger partial charge in [0.25, 0.3) is 5.91 Å². The van der Waals surface area contributed by atoms with Crippen LogP contribution in [0.5, 0.6) is 11.5 Å². The number of piperazine rings is 1. The van der Waals surface area contributed by atoms with Crippen molar-refractivity contribution in [3.8, 4) is 11.5 Å². The first-order valence-electron chi connectivity index (χ1n) is 17.2. The van der Waals surface area contributed by atoms with Crippen LogP contribution in [0.4, 0.5) is 23.7 Å². The molecule has 270 valence electrons. The second-order valence-electron chi connectivity index (χ2n) is 13.6. The molecule has 3 aliphatic rings. The fraction of sp³-hybridized carbons (Fsp3) is 0.444. The van der Waals surface area contributed by atoms with Crippen molar-refractivity contribution in [2.45, 2.75) is 51.1 Å². The van der Waals surface area contributed by atoms with E-state index in [1.807, 2.05) is 24.9 Å². The highest BCUT2D eigenvalue weighted by atomic mass is 19.4. The molecule has 0 saturated carbocycles. The number of nitrogens with one attached hydrogen (secondary N) is 2. The molecule has 7 rings (SSSR count). The van der Waals surface area contributed by atoms with Gasteiger partial charge in [-0.3, -0.25) is 14.7 Å². The third-order valence-electron chi connectivity index (χ3n) is 10.0. The Bertz CT molecular complexity index is 1930. The van der Waals surface area contributed by atoms with Crippen molar-refractivity contribution in [3.05, 3.63) is 76.9 Å². The number of benzene rings is 1. The molecule has 3 amide bonds. The van der Waals surface area contributed by atoms with Crippen molar-refractivity contribution in [2.24, 2.45) is 0 Å². The number of alkyl halides is 3. The smallest absolute Gasteiger partial charge is 0.416 e. The van der Waals surface area contributed by atoms with Crippen LogP contribution >= 0.6 is 0 Å². The Morgan fingerprint density at radius 1 is 1.04 bits per heavy atom. The number of hydrogen-bond donors (Lipinski definition) is 3. The van der Waals surface area contributed by atoms with Crippen LogP contribution in [-0.2, 0) is 19.3 Å². The predicted octanol–water partition coefficient (Wildman–Crippen LogP) is 5.26. The number of rotatable bonds is 7. The molecule has 51 heavy (non-hydrogen) atoms. The van der Waals surface area contributed by atoms with Gasteiger partial charge in [-0.1, -0.05) is 13.0 Å². The Morgan fingerprint density at radius 3 is 2.57 bits per heavy atom. The lowest BCUT2D eigenvalue weighted by molar-refractivity contribution is -0.138. The van der Waals surface area contributed by atoms with E-state index >= 15 is 0 Å². The van der Waals surface area contributed by atoms with Gasteiger partial charge in [0.2, 0.25) is 0 Å². The van der Waals surface area contributed by atoms with Crippen molar-refractivity contribution < 1.29 is 32.6 Å². The van der Waals surface area contributed by atoms with E-state index < -0.39 is 23.9 Å². The number of aromatic nitrogens is 3. The summed E-state index contributed by atoms with van der Waals surface area (Å²) in [7, 11) is 2.00. The molecule has 0 bridgehead atoms. The minimum Gasteiger partial charge on any atom is -0.455 e. The molecule has 0 radical (unpaired) electrons. The van der Waals surface area contributed by atoms with Gasteiger partial charge in [-0.05, 0) is 61.3 Å². The molecule has 2 fully saturated rings. The van der Waals surface area contributed by atoms with Crippen LogP contribution in [0, 0.1) is 0 Å².